The number of hydrogen-bond acceptors (Lipinski definition) is 2. The van der Waals surface area contributed by atoms with Crippen LogP contribution in [-0.2, 0) is 4.74 Å². The van der Waals surface area contributed by atoms with Crippen LogP contribution in [0.4, 0.5) is 0 Å². The largest absolute Gasteiger partial charge is 0.381 e. The second kappa shape index (κ2) is 5.72. The Labute approximate surface area is 88.4 Å². The molecular weight excluding hydrogens is 174 g/mol. The third kappa shape index (κ3) is 5.61. The molecule has 14 heavy (non-hydrogen) atoms. The molecule has 0 bridgehead atoms. The van der Waals surface area contributed by atoms with Gasteiger partial charge in [-0.1, -0.05) is 20.8 Å². The van der Waals surface area contributed by atoms with Crippen molar-refractivity contribution in [3.05, 3.63) is 0 Å². The zero-order valence-electron chi connectivity index (χ0n) is 9.94. The van der Waals surface area contributed by atoms with E-state index in [0.29, 0.717) is 5.41 Å². The van der Waals surface area contributed by atoms with Gasteiger partial charge in [0.05, 0.1) is 6.61 Å². The fourth-order valence-electron chi connectivity index (χ4n) is 1.79. The Morgan fingerprint density at radius 2 is 2.14 bits per heavy atom. The first-order chi connectivity index (χ1) is 6.58. The van der Waals surface area contributed by atoms with Gasteiger partial charge in [0.15, 0.2) is 0 Å². The van der Waals surface area contributed by atoms with E-state index in [1.807, 2.05) is 0 Å². The number of rotatable bonds is 5. The molecule has 1 N–H and O–H groups in total. The molecule has 1 saturated heterocycles. The first-order valence-corrected chi connectivity index (χ1v) is 5.86. The van der Waals surface area contributed by atoms with Crippen LogP contribution in [0.3, 0.4) is 0 Å². The fraction of sp³-hybridized carbons (Fsp3) is 1.00. The Bertz CT molecular complexity index is 145. The zero-order chi connectivity index (χ0) is 10.4. The second-order valence-electron chi connectivity index (χ2n) is 5.60. The van der Waals surface area contributed by atoms with Crippen LogP contribution in [0.25, 0.3) is 0 Å². The van der Waals surface area contributed by atoms with Gasteiger partial charge in [-0.15, -0.1) is 0 Å². The van der Waals surface area contributed by atoms with Gasteiger partial charge in [0, 0.05) is 13.2 Å². The SMILES string of the molecule is CC(C)(C)CCCNCC1CCOC1. The molecule has 1 rings (SSSR count). The van der Waals surface area contributed by atoms with Crippen molar-refractivity contribution in [3.8, 4) is 0 Å². The Balaban J connectivity index is 1.89. The summed E-state index contributed by atoms with van der Waals surface area (Å²) < 4.78 is 5.33. The van der Waals surface area contributed by atoms with Crippen LogP contribution in [0.1, 0.15) is 40.0 Å². The van der Waals surface area contributed by atoms with E-state index in [9.17, 15) is 0 Å². The standard InChI is InChI=1S/C12H25NO/c1-12(2,3)6-4-7-13-9-11-5-8-14-10-11/h11,13H,4-10H2,1-3H3. The summed E-state index contributed by atoms with van der Waals surface area (Å²) in [6, 6.07) is 0. The van der Waals surface area contributed by atoms with Crippen LogP contribution in [0.2, 0.25) is 0 Å². The molecule has 0 aromatic heterocycles. The molecule has 1 aliphatic rings. The zero-order valence-corrected chi connectivity index (χ0v) is 9.94. The summed E-state index contributed by atoms with van der Waals surface area (Å²) in [7, 11) is 0. The summed E-state index contributed by atoms with van der Waals surface area (Å²) in [5, 5.41) is 3.52. The number of hydrogen-bond donors (Lipinski definition) is 1. The first-order valence-electron chi connectivity index (χ1n) is 5.86. The van der Waals surface area contributed by atoms with Gasteiger partial charge in [-0.05, 0) is 37.1 Å². The smallest absolute Gasteiger partial charge is 0.0507 e. The van der Waals surface area contributed by atoms with E-state index in [4.69, 9.17) is 4.74 Å². The van der Waals surface area contributed by atoms with Gasteiger partial charge in [0.2, 0.25) is 0 Å². The van der Waals surface area contributed by atoms with Crippen LogP contribution in [0, 0.1) is 11.3 Å². The first kappa shape index (κ1) is 12.0. The molecular formula is C12H25NO. The predicted octanol–water partition coefficient (Wildman–Crippen LogP) is 2.44. The van der Waals surface area contributed by atoms with Crippen molar-refractivity contribution in [1.82, 2.24) is 5.32 Å². The molecule has 0 radical (unpaired) electrons. The molecule has 1 aliphatic heterocycles. The lowest BCUT2D eigenvalue weighted by Crippen LogP contribution is -2.24. The molecule has 1 fully saturated rings. The molecule has 1 unspecified atom stereocenters. The molecule has 2 heteroatoms. The van der Waals surface area contributed by atoms with Crippen LogP contribution < -0.4 is 5.32 Å². The van der Waals surface area contributed by atoms with Crippen molar-refractivity contribution < 1.29 is 4.74 Å². The summed E-state index contributed by atoms with van der Waals surface area (Å²) in [5.74, 6) is 0.768. The lowest BCUT2D eigenvalue weighted by atomic mass is 9.91. The van der Waals surface area contributed by atoms with Gasteiger partial charge in [-0.3, -0.25) is 0 Å². The minimum atomic E-state index is 0.484. The Hall–Kier alpha value is -0.0800. The highest BCUT2D eigenvalue weighted by Gasteiger charge is 2.14. The van der Waals surface area contributed by atoms with Crippen molar-refractivity contribution in [3.63, 3.8) is 0 Å². The average Bonchev–Trinajstić information content (AvgIpc) is 2.54. The maximum atomic E-state index is 5.33. The summed E-state index contributed by atoms with van der Waals surface area (Å²) in [4.78, 5) is 0. The molecule has 0 amide bonds. The molecule has 1 heterocycles. The Kier molecular flexibility index (Phi) is 4.90. The predicted molar refractivity (Wildman–Crippen MR) is 60.5 cm³/mol. The monoisotopic (exact) mass is 199 g/mol. The number of ether oxygens (including phenoxy) is 1. The summed E-state index contributed by atoms with van der Waals surface area (Å²) in [6.07, 6.45) is 3.84. The molecule has 0 aliphatic carbocycles. The van der Waals surface area contributed by atoms with Crippen LogP contribution >= 0.6 is 0 Å². The molecule has 1 atom stereocenters. The maximum Gasteiger partial charge on any atom is 0.0507 e. The van der Waals surface area contributed by atoms with Crippen molar-refractivity contribution in [2.24, 2.45) is 11.3 Å². The second-order valence-corrected chi connectivity index (χ2v) is 5.60. The lowest BCUT2D eigenvalue weighted by Gasteiger charge is -2.18. The molecule has 0 aromatic rings. The number of nitrogens with one attached hydrogen (secondary N) is 1. The maximum absolute atomic E-state index is 5.33. The normalized spacial score (nSPS) is 22.9. The summed E-state index contributed by atoms with van der Waals surface area (Å²) >= 11 is 0. The molecule has 84 valence electrons. The van der Waals surface area contributed by atoms with E-state index >= 15 is 0 Å². The topological polar surface area (TPSA) is 21.3 Å². The third-order valence-electron chi connectivity index (χ3n) is 2.74. The summed E-state index contributed by atoms with van der Waals surface area (Å²) in [6.45, 7) is 11.1. The quantitative estimate of drug-likeness (QED) is 0.687. The van der Waals surface area contributed by atoms with Gasteiger partial charge in [0.25, 0.3) is 0 Å². The van der Waals surface area contributed by atoms with Crippen LogP contribution in [0.15, 0.2) is 0 Å². The van der Waals surface area contributed by atoms with Crippen molar-refractivity contribution in [2.75, 3.05) is 26.3 Å². The van der Waals surface area contributed by atoms with E-state index in [2.05, 4.69) is 26.1 Å². The highest BCUT2D eigenvalue weighted by Crippen LogP contribution is 2.19. The van der Waals surface area contributed by atoms with E-state index in [0.717, 1.165) is 32.2 Å². The van der Waals surface area contributed by atoms with Gasteiger partial charge in [-0.2, -0.15) is 0 Å². The van der Waals surface area contributed by atoms with E-state index in [1.165, 1.54) is 19.3 Å². The van der Waals surface area contributed by atoms with E-state index < -0.39 is 0 Å². The molecule has 2 nitrogen and oxygen atoms in total. The fourth-order valence-corrected chi connectivity index (χ4v) is 1.79. The highest BCUT2D eigenvalue weighted by atomic mass is 16.5. The van der Waals surface area contributed by atoms with Crippen LogP contribution in [-0.4, -0.2) is 26.3 Å². The lowest BCUT2D eigenvalue weighted by molar-refractivity contribution is 0.185. The van der Waals surface area contributed by atoms with Crippen molar-refractivity contribution in [1.29, 1.82) is 0 Å². The van der Waals surface area contributed by atoms with Gasteiger partial charge < -0.3 is 10.1 Å². The minimum Gasteiger partial charge on any atom is -0.381 e. The Morgan fingerprint density at radius 3 is 2.71 bits per heavy atom. The van der Waals surface area contributed by atoms with Gasteiger partial charge in [0.1, 0.15) is 0 Å². The van der Waals surface area contributed by atoms with Gasteiger partial charge >= 0.3 is 0 Å². The highest BCUT2D eigenvalue weighted by molar-refractivity contribution is 4.67. The van der Waals surface area contributed by atoms with E-state index in [1.54, 1.807) is 0 Å². The molecule has 0 aromatic carbocycles. The van der Waals surface area contributed by atoms with Gasteiger partial charge in [-0.25, -0.2) is 0 Å². The molecule has 0 spiro atoms. The van der Waals surface area contributed by atoms with E-state index in [-0.39, 0.29) is 0 Å². The van der Waals surface area contributed by atoms with Crippen molar-refractivity contribution >= 4 is 0 Å². The summed E-state index contributed by atoms with van der Waals surface area (Å²) in [5.41, 5.74) is 0.484. The molecule has 0 saturated carbocycles. The van der Waals surface area contributed by atoms with Crippen LogP contribution in [0.5, 0.6) is 0 Å². The average molecular weight is 199 g/mol. The Morgan fingerprint density at radius 1 is 1.36 bits per heavy atom. The minimum absolute atomic E-state index is 0.484. The third-order valence-corrected chi connectivity index (χ3v) is 2.74. The van der Waals surface area contributed by atoms with Crippen molar-refractivity contribution in [2.45, 2.75) is 40.0 Å².